The molecule has 9 nitrogen and oxygen atoms in total. The van der Waals surface area contributed by atoms with Crippen LogP contribution in [-0.2, 0) is 14.8 Å². The second kappa shape index (κ2) is 12.6. The molecular weight excluding hydrogens is 636 g/mol. The van der Waals surface area contributed by atoms with Crippen LogP contribution in [0.15, 0.2) is 124 Å². The Balaban J connectivity index is 1.33. The normalized spacial score (nSPS) is 15.3. The molecule has 6 rings (SSSR count). The van der Waals surface area contributed by atoms with Gasteiger partial charge >= 0.3 is 0 Å². The summed E-state index contributed by atoms with van der Waals surface area (Å²) >= 11 is 8.55. The average molecular weight is 659 g/mol. The minimum Gasteiger partial charge on any atom is -0.283 e. The molecule has 2 aromatic heterocycles. The number of thiazole rings is 1. The number of aliphatic imine (C=N–C) groups is 1. The second-order valence-electron chi connectivity index (χ2n) is 9.37. The van der Waals surface area contributed by atoms with Crippen LogP contribution < -0.4 is 4.72 Å². The number of nitrogens with one attached hydrogen (secondary N) is 1. The number of amides is 1. The van der Waals surface area contributed by atoms with E-state index in [0.717, 1.165) is 16.8 Å². The highest BCUT2D eigenvalue weighted by molar-refractivity contribution is 8.18. The fraction of sp³-hybridized carbons (Fsp3) is 0.0323. The van der Waals surface area contributed by atoms with Gasteiger partial charge in [0.05, 0.1) is 26.9 Å². The summed E-state index contributed by atoms with van der Waals surface area (Å²) in [6.07, 6.45) is 6.84. The van der Waals surface area contributed by atoms with E-state index in [1.165, 1.54) is 46.3 Å². The minimum absolute atomic E-state index is 0.0699. The van der Waals surface area contributed by atoms with Crippen molar-refractivity contribution in [3.63, 3.8) is 0 Å². The molecule has 5 aromatic rings. The van der Waals surface area contributed by atoms with E-state index in [4.69, 9.17) is 16.7 Å². The smallest absolute Gasteiger partial charge is 0.267 e. The van der Waals surface area contributed by atoms with Crippen LogP contribution in [0, 0.1) is 0 Å². The molecule has 3 aromatic carbocycles. The first kappa shape index (κ1) is 29.6. The number of benzene rings is 3. The van der Waals surface area contributed by atoms with Gasteiger partial charge in [-0.25, -0.2) is 23.1 Å². The van der Waals surface area contributed by atoms with Crippen LogP contribution >= 0.6 is 34.7 Å². The summed E-state index contributed by atoms with van der Waals surface area (Å²) in [5, 5.41) is 7.85. The number of sulfonamides is 1. The summed E-state index contributed by atoms with van der Waals surface area (Å²) in [5.41, 5.74) is 3.65. The van der Waals surface area contributed by atoms with E-state index >= 15 is 0 Å². The monoisotopic (exact) mass is 658 g/mol. The Labute approximate surface area is 267 Å². The largest absolute Gasteiger partial charge is 0.283 e. The molecule has 1 aliphatic heterocycles. The van der Waals surface area contributed by atoms with Gasteiger partial charge in [-0.2, -0.15) is 5.10 Å². The van der Waals surface area contributed by atoms with Crippen LogP contribution in [0.2, 0.25) is 5.02 Å². The number of halogens is 1. The number of aromatic nitrogens is 3. The summed E-state index contributed by atoms with van der Waals surface area (Å²) in [5.74, 6) is -0.227. The molecule has 0 spiro atoms. The zero-order valence-electron chi connectivity index (χ0n) is 22.9. The molecule has 220 valence electrons. The summed E-state index contributed by atoms with van der Waals surface area (Å²) in [6.45, 7) is 4.05. The van der Waals surface area contributed by atoms with Crippen molar-refractivity contribution in [1.29, 1.82) is 0 Å². The molecule has 3 heterocycles. The molecule has 1 N–H and O–H groups in total. The van der Waals surface area contributed by atoms with E-state index in [9.17, 15) is 13.2 Å². The Morgan fingerprint density at radius 1 is 1.02 bits per heavy atom. The predicted octanol–water partition coefficient (Wildman–Crippen LogP) is 7.24. The van der Waals surface area contributed by atoms with Crippen molar-refractivity contribution in [2.24, 2.45) is 4.99 Å². The number of carbonyl (C=O) groups excluding carboxylic acids is 1. The van der Waals surface area contributed by atoms with Crippen molar-refractivity contribution in [2.45, 2.75) is 4.90 Å². The predicted molar refractivity (Wildman–Crippen MR) is 178 cm³/mol. The highest BCUT2D eigenvalue weighted by atomic mass is 35.5. The number of carbonyl (C=O) groups is 1. The number of para-hydroxylation sites is 1. The number of hydrogen-bond donors (Lipinski definition) is 1. The summed E-state index contributed by atoms with van der Waals surface area (Å²) in [6, 6.07) is 23.2. The maximum Gasteiger partial charge on any atom is 0.267 e. The van der Waals surface area contributed by atoms with E-state index in [1.807, 2.05) is 54.7 Å². The SMILES string of the molecule is C=CCN1C(=O)C(=Cc2cn(-c3ccccc3)nc2-c2ccc(Cl)cc2)SC1=Nc1ccc(S(=O)(=O)Nc2nccs2)cc1. The lowest BCUT2D eigenvalue weighted by atomic mass is 10.1. The van der Waals surface area contributed by atoms with E-state index in [2.05, 4.69) is 21.3 Å². The van der Waals surface area contributed by atoms with Gasteiger partial charge in [-0.15, -0.1) is 17.9 Å². The molecule has 0 unspecified atom stereocenters. The van der Waals surface area contributed by atoms with Gasteiger partial charge in [-0.3, -0.25) is 14.4 Å². The van der Waals surface area contributed by atoms with Crippen molar-refractivity contribution >= 4 is 72.7 Å². The van der Waals surface area contributed by atoms with Gasteiger partial charge in [-0.05, 0) is 66.4 Å². The maximum absolute atomic E-state index is 13.6. The first-order valence-electron chi connectivity index (χ1n) is 13.1. The molecular formula is C31H23ClN6O3S3. The van der Waals surface area contributed by atoms with Crippen LogP contribution in [0.3, 0.4) is 0 Å². The van der Waals surface area contributed by atoms with Crippen LogP contribution in [0.5, 0.6) is 0 Å². The van der Waals surface area contributed by atoms with Crippen molar-refractivity contribution in [3.05, 3.63) is 125 Å². The highest BCUT2D eigenvalue weighted by Gasteiger charge is 2.33. The zero-order chi connectivity index (χ0) is 30.7. The van der Waals surface area contributed by atoms with Crippen molar-refractivity contribution in [2.75, 3.05) is 11.3 Å². The van der Waals surface area contributed by atoms with Crippen LogP contribution in [0.25, 0.3) is 23.0 Å². The Morgan fingerprint density at radius 3 is 2.45 bits per heavy atom. The lowest BCUT2D eigenvalue weighted by molar-refractivity contribution is -0.121. The summed E-state index contributed by atoms with van der Waals surface area (Å²) in [4.78, 5) is 24.3. The third-order valence-corrected chi connectivity index (χ3v) is 9.82. The van der Waals surface area contributed by atoms with Crippen molar-refractivity contribution in [3.8, 4) is 16.9 Å². The lowest BCUT2D eigenvalue weighted by Gasteiger charge is -2.12. The van der Waals surface area contributed by atoms with E-state index < -0.39 is 10.0 Å². The van der Waals surface area contributed by atoms with Gasteiger partial charge in [0.2, 0.25) is 0 Å². The van der Waals surface area contributed by atoms with Gasteiger partial charge in [0, 0.05) is 40.5 Å². The standard InChI is InChI=1S/C31H23ClN6O3S3/c1-2-17-37-29(39)27(43-31(37)34-24-12-14-26(15-13-24)44(40,41)36-30-33-16-18-42-30)19-22-20-38(25-6-4-3-5-7-25)35-28(22)21-8-10-23(32)11-9-21/h2-16,18-20H,1,17H2,(H,33,36). The highest BCUT2D eigenvalue weighted by Crippen LogP contribution is 2.36. The van der Waals surface area contributed by atoms with Gasteiger partial charge in [0.1, 0.15) is 0 Å². The first-order chi connectivity index (χ1) is 21.3. The molecule has 0 saturated carbocycles. The Bertz CT molecular complexity index is 1990. The molecule has 0 aliphatic carbocycles. The molecule has 44 heavy (non-hydrogen) atoms. The maximum atomic E-state index is 13.6. The second-order valence-corrected chi connectivity index (χ2v) is 13.4. The zero-order valence-corrected chi connectivity index (χ0v) is 26.1. The van der Waals surface area contributed by atoms with E-state index in [0.29, 0.717) is 26.5 Å². The van der Waals surface area contributed by atoms with Gasteiger partial charge in [0.15, 0.2) is 10.3 Å². The quantitative estimate of drug-likeness (QED) is 0.132. The number of thioether (sulfide) groups is 1. The van der Waals surface area contributed by atoms with Gasteiger partial charge < -0.3 is 0 Å². The third-order valence-electron chi connectivity index (χ3n) is 6.39. The molecule has 1 aliphatic rings. The van der Waals surface area contributed by atoms with Crippen molar-refractivity contribution < 1.29 is 13.2 Å². The first-order valence-corrected chi connectivity index (χ1v) is 16.7. The number of hydrogen-bond acceptors (Lipinski definition) is 8. The Hall–Kier alpha value is -4.49. The molecule has 1 saturated heterocycles. The topological polar surface area (TPSA) is 110 Å². The van der Waals surface area contributed by atoms with Crippen LogP contribution in [0.1, 0.15) is 5.56 Å². The average Bonchev–Trinajstić information content (AvgIpc) is 3.76. The number of rotatable bonds is 9. The van der Waals surface area contributed by atoms with Gasteiger partial charge in [-0.1, -0.05) is 48.0 Å². The fourth-order valence-corrected chi connectivity index (χ4v) is 7.23. The van der Waals surface area contributed by atoms with E-state index in [1.54, 1.807) is 40.4 Å². The number of amidine groups is 1. The Morgan fingerprint density at radius 2 is 1.77 bits per heavy atom. The summed E-state index contributed by atoms with van der Waals surface area (Å²) in [7, 11) is -3.80. The Kier molecular flexibility index (Phi) is 8.49. The third kappa shape index (κ3) is 6.38. The number of nitrogens with zero attached hydrogens (tertiary/aromatic N) is 5. The fourth-order valence-electron chi connectivity index (χ4n) is 4.32. The van der Waals surface area contributed by atoms with Gasteiger partial charge in [0.25, 0.3) is 15.9 Å². The molecule has 13 heteroatoms. The molecule has 0 atom stereocenters. The molecule has 1 fully saturated rings. The minimum atomic E-state index is -3.80. The van der Waals surface area contributed by atoms with E-state index in [-0.39, 0.29) is 22.5 Å². The number of anilines is 1. The summed E-state index contributed by atoms with van der Waals surface area (Å²) < 4.78 is 29.7. The van der Waals surface area contributed by atoms with Crippen molar-refractivity contribution in [1.82, 2.24) is 19.7 Å². The van der Waals surface area contributed by atoms with Crippen LogP contribution in [-0.4, -0.2) is 45.7 Å². The molecule has 1 amide bonds. The van der Waals surface area contributed by atoms with Crippen LogP contribution in [0.4, 0.5) is 10.8 Å². The molecule has 0 bridgehead atoms. The lowest BCUT2D eigenvalue weighted by Crippen LogP contribution is -2.29. The molecule has 0 radical (unpaired) electrons.